The van der Waals surface area contributed by atoms with Gasteiger partial charge in [0.2, 0.25) is 0 Å². The first-order valence-corrected chi connectivity index (χ1v) is 4.73. The van der Waals surface area contributed by atoms with Crippen molar-refractivity contribution < 1.29 is 0 Å². The van der Waals surface area contributed by atoms with Crippen LogP contribution in [0.3, 0.4) is 0 Å². The molecule has 0 radical (unpaired) electrons. The maximum absolute atomic E-state index is 6.30. The van der Waals surface area contributed by atoms with Crippen molar-refractivity contribution >= 4 is 0 Å². The van der Waals surface area contributed by atoms with Crippen LogP contribution in [-0.4, -0.2) is 4.98 Å². The van der Waals surface area contributed by atoms with E-state index in [1.54, 1.807) is 0 Å². The number of nitrogens with one attached hydrogen (secondary N) is 1. The van der Waals surface area contributed by atoms with E-state index in [1.165, 1.54) is 24.8 Å². The second-order valence-electron chi connectivity index (χ2n) is 3.82. The minimum atomic E-state index is -0.0295. The van der Waals surface area contributed by atoms with E-state index < -0.39 is 0 Å². The zero-order valence-corrected chi connectivity index (χ0v) is 7.34. The molecule has 0 spiro atoms. The highest BCUT2D eigenvalue weighted by atomic mass is 14.8. The molecule has 0 aromatic carbocycles. The maximum Gasteiger partial charge on any atom is 0.0424 e. The van der Waals surface area contributed by atoms with Gasteiger partial charge in [0.25, 0.3) is 0 Å². The van der Waals surface area contributed by atoms with Gasteiger partial charge in [0.1, 0.15) is 0 Å². The van der Waals surface area contributed by atoms with Crippen molar-refractivity contribution in [1.82, 2.24) is 4.98 Å². The first-order valence-electron chi connectivity index (χ1n) is 4.73. The normalized spacial score (nSPS) is 22.4. The molecule has 0 unspecified atom stereocenters. The van der Waals surface area contributed by atoms with Gasteiger partial charge in [-0.3, -0.25) is 0 Å². The van der Waals surface area contributed by atoms with Gasteiger partial charge in [-0.25, -0.2) is 0 Å². The van der Waals surface area contributed by atoms with Gasteiger partial charge in [-0.1, -0.05) is 19.3 Å². The van der Waals surface area contributed by atoms with Crippen molar-refractivity contribution in [3.05, 3.63) is 24.0 Å². The molecule has 12 heavy (non-hydrogen) atoms. The number of aromatic nitrogens is 1. The summed E-state index contributed by atoms with van der Waals surface area (Å²) < 4.78 is 0. The number of aromatic amines is 1. The third-order valence-corrected chi connectivity index (χ3v) is 2.92. The molecule has 2 rings (SSSR count). The van der Waals surface area contributed by atoms with Crippen molar-refractivity contribution in [2.24, 2.45) is 5.73 Å². The van der Waals surface area contributed by atoms with Crippen LogP contribution in [-0.2, 0) is 5.54 Å². The molecule has 1 aromatic heterocycles. The Morgan fingerprint density at radius 1 is 1.25 bits per heavy atom. The van der Waals surface area contributed by atoms with Gasteiger partial charge in [0.15, 0.2) is 0 Å². The van der Waals surface area contributed by atoms with Gasteiger partial charge in [-0.15, -0.1) is 0 Å². The molecule has 1 saturated carbocycles. The fourth-order valence-corrected chi connectivity index (χ4v) is 2.10. The minimum absolute atomic E-state index is 0.0295. The molecule has 2 heteroatoms. The summed E-state index contributed by atoms with van der Waals surface area (Å²) in [7, 11) is 0. The molecule has 0 aliphatic heterocycles. The molecule has 66 valence electrons. The lowest BCUT2D eigenvalue weighted by Crippen LogP contribution is -2.38. The van der Waals surface area contributed by atoms with Crippen molar-refractivity contribution in [1.29, 1.82) is 0 Å². The lowest BCUT2D eigenvalue weighted by molar-refractivity contribution is 0.302. The van der Waals surface area contributed by atoms with E-state index in [9.17, 15) is 0 Å². The summed E-state index contributed by atoms with van der Waals surface area (Å²) in [5.74, 6) is 0. The van der Waals surface area contributed by atoms with Crippen LogP contribution in [0.25, 0.3) is 0 Å². The first kappa shape index (κ1) is 7.87. The molecule has 0 atom stereocenters. The quantitative estimate of drug-likeness (QED) is 0.656. The highest BCUT2D eigenvalue weighted by molar-refractivity contribution is 5.20. The van der Waals surface area contributed by atoms with Crippen LogP contribution in [0.15, 0.2) is 18.5 Å². The van der Waals surface area contributed by atoms with Crippen LogP contribution in [0.5, 0.6) is 0 Å². The maximum atomic E-state index is 6.30. The van der Waals surface area contributed by atoms with Crippen LogP contribution < -0.4 is 5.73 Å². The van der Waals surface area contributed by atoms with E-state index in [4.69, 9.17) is 5.73 Å². The van der Waals surface area contributed by atoms with Gasteiger partial charge in [-0.2, -0.15) is 0 Å². The predicted octanol–water partition coefficient (Wildman–Crippen LogP) is 2.13. The highest BCUT2D eigenvalue weighted by Gasteiger charge is 2.29. The van der Waals surface area contributed by atoms with Crippen LogP contribution in [0, 0.1) is 0 Å². The molecule has 1 aliphatic carbocycles. The van der Waals surface area contributed by atoms with Crippen molar-refractivity contribution in [3.63, 3.8) is 0 Å². The van der Waals surface area contributed by atoms with E-state index in [2.05, 4.69) is 11.1 Å². The highest BCUT2D eigenvalue weighted by Crippen LogP contribution is 2.34. The fourth-order valence-electron chi connectivity index (χ4n) is 2.10. The number of hydrogen-bond acceptors (Lipinski definition) is 1. The SMILES string of the molecule is NC1(c2cc[nH]c2)CCCCC1. The van der Waals surface area contributed by atoms with Gasteiger partial charge in [0.05, 0.1) is 0 Å². The summed E-state index contributed by atoms with van der Waals surface area (Å²) in [6, 6.07) is 2.10. The Hall–Kier alpha value is -0.760. The lowest BCUT2D eigenvalue weighted by atomic mass is 9.78. The summed E-state index contributed by atoms with van der Waals surface area (Å²) >= 11 is 0. The second-order valence-corrected chi connectivity index (χ2v) is 3.82. The Morgan fingerprint density at radius 2 is 2.00 bits per heavy atom. The van der Waals surface area contributed by atoms with Gasteiger partial charge in [0, 0.05) is 17.9 Å². The molecule has 2 nitrogen and oxygen atoms in total. The minimum Gasteiger partial charge on any atom is -0.367 e. The van der Waals surface area contributed by atoms with E-state index >= 15 is 0 Å². The largest absolute Gasteiger partial charge is 0.367 e. The Labute approximate surface area is 73.2 Å². The van der Waals surface area contributed by atoms with E-state index in [0.717, 1.165) is 12.8 Å². The van der Waals surface area contributed by atoms with Crippen molar-refractivity contribution in [2.75, 3.05) is 0 Å². The Kier molecular flexibility index (Phi) is 1.93. The zero-order valence-electron chi connectivity index (χ0n) is 7.34. The standard InChI is InChI=1S/C10H16N2/c11-10(5-2-1-3-6-10)9-4-7-12-8-9/h4,7-8,12H,1-3,5-6,11H2. The van der Waals surface area contributed by atoms with Gasteiger partial charge < -0.3 is 10.7 Å². The summed E-state index contributed by atoms with van der Waals surface area (Å²) in [6.45, 7) is 0. The third-order valence-electron chi connectivity index (χ3n) is 2.92. The molecule has 0 saturated heterocycles. The van der Waals surface area contributed by atoms with E-state index in [-0.39, 0.29) is 5.54 Å². The molecule has 1 heterocycles. The summed E-state index contributed by atoms with van der Waals surface area (Å²) in [5, 5.41) is 0. The molecule has 1 aliphatic rings. The van der Waals surface area contributed by atoms with Gasteiger partial charge >= 0.3 is 0 Å². The second kappa shape index (κ2) is 2.94. The van der Waals surface area contributed by atoms with E-state index in [1.807, 2.05) is 12.4 Å². The molecular formula is C10H16N2. The van der Waals surface area contributed by atoms with Crippen LogP contribution in [0.2, 0.25) is 0 Å². The van der Waals surface area contributed by atoms with Crippen LogP contribution >= 0.6 is 0 Å². The monoisotopic (exact) mass is 164 g/mol. The molecule has 1 fully saturated rings. The third kappa shape index (κ3) is 1.27. The lowest BCUT2D eigenvalue weighted by Gasteiger charge is -2.32. The smallest absolute Gasteiger partial charge is 0.0424 e. The molecular weight excluding hydrogens is 148 g/mol. The predicted molar refractivity (Wildman–Crippen MR) is 49.7 cm³/mol. The number of H-pyrrole nitrogens is 1. The Bertz CT molecular complexity index is 232. The van der Waals surface area contributed by atoms with Crippen LogP contribution in [0.1, 0.15) is 37.7 Å². The average Bonchev–Trinajstić information content (AvgIpc) is 2.58. The van der Waals surface area contributed by atoms with Crippen molar-refractivity contribution in [3.8, 4) is 0 Å². The molecule has 1 aromatic rings. The summed E-state index contributed by atoms with van der Waals surface area (Å²) in [6.07, 6.45) is 10.2. The summed E-state index contributed by atoms with van der Waals surface area (Å²) in [5.41, 5.74) is 7.56. The zero-order chi connectivity index (χ0) is 8.44. The number of rotatable bonds is 1. The number of hydrogen-bond donors (Lipinski definition) is 2. The summed E-state index contributed by atoms with van der Waals surface area (Å²) in [4.78, 5) is 3.07. The van der Waals surface area contributed by atoms with Crippen LogP contribution in [0.4, 0.5) is 0 Å². The molecule has 0 amide bonds. The van der Waals surface area contributed by atoms with Gasteiger partial charge in [-0.05, 0) is 24.5 Å². The molecule has 0 bridgehead atoms. The molecule has 3 N–H and O–H groups in total. The first-order chi connectivity index (χ1) is 5.81. The topological polar surface area (TPSA) is 41.8 Å². The number of nitrogens with two attached hydrogens (primary N) is 1. The Morgan fingerprint density at radius 3 is 2.58 bits per heavy atom. The van der Waals surface area contributed by atoms with E-state index in [0.29, 0.717) is 0 Å². The average molecular weight is 164 g/mol. The fraction of sp³-hybridized carbons (Fsp3) is 0.600. The van der Waals surface area contributed by atoms with Crippen molar-refractivity contribution in [2.45, 2.75) is 37.6 Å². The Balaban J connectivity index is 2.19.